The van der Waals surface area contributed by atoms with Crippen LogP contribution in [0, 0.1) is 0 Å². The summed E-state index contributed by atoms with van der Waals surface area (Å²) in [7, 11) is 0. The van der Waals surface area contributed by atoms with Crippen molar-refractivity contribution in [3.8, 4) is 0 Å². The lowest BCUT2D eigenvalue weighted by molar-refractivity contribution is 0.536. The molecule has 0 radical (unpaired) electrons. The molecule has 1 aromatic heterocycles. The molecular formula is C24H38N2O2. The maximum absolute atomic E-state index is 12.8. The van der Waals surface area contributed by atoms with Crippen LogP contribution in [0.5, 0.6) is 0 Å². The van der Waals surface area contributed by atoms with Crippen LogP contribution in [0.3, 0.4) is 0 Å². The summed E-state index contributed by atoms with van der Waals surface area (Å²) in [5, 5.41) is 0. The van der Waals surface area contributed by atoms with Gasteiger partial charge >= 0.3 is 11.1 Å². The van der Waals surface area contributed by atoms with E-state index in [9.17, 15) is 9.59 Å². The molecule has 0 spiro atoms. The topological polar surface area (TPSA) is 44.0 Å². The molecule has 0 N–H and O–H groups in total. The number of para-hydroxylation sites is 2. The van der Waals surface area contributed by atoms with Gasteiger partial charge < -0.3 is 9.13 Å². The molecule has 0 amide bonds. The molecule has 2 aromatic rings. The monoisotopic (exact) mass is 386 g/mol. The zero-order valence-electron chi connectivity index (χ0n) is 17.9. The Kier molecular flexibility index (Phi) is 10.1. The van der Waals surface area contributed by atoms with Crippen LogP contribution in [0.1, 0.15) is 90.9 Å². The minimum atomic E-state index is -0.363. The third kappa shape index (κ3) is 6.35. The fourth-order valence-electron chi connectivity index (χ4n) is 3.91. The van der Waals surface area contributed by atoms with E-state index in [1.54, 1.807) is 9.13 Å². The molecule has 0 aliphatic carbocycles. The smallest absolute Gasteiger partial charge is 0.302 e. The van der Waals surface area contributed by atoms with Crippen LogP contribution in [0.15, 0.2) is 33.9 Å². The van der Waals surface area contributed by atoms with Crippen molar-refractivity contribution in [2.45, 2.75) is 104 Å². The molecule has 0 fully saturated rings. The summed E-state index contributed by atoms with van der Waals surface area (Å²) < 4.78 is 3.41. The summed E-state index contributed by atoms with van der Waals surface area (Å²) in [4.78, 5) is 25.5. The van der Waals surface area contributed by atoms with Gasteiger partial charge in [0.2, 0.25) is 0 Å². The van der Waals surface area contributed by atoms with E-state index < -0.39 is 0 Å². The van der Waals surface area contributed by atoms with Gasteiger partial charge in [-0.3, -0.25) is 9.59 Å². The van der Waals surface area contributed by atoms with Crippen LogP contribution in [-0.4, -0.2) is 9.13 Å². The van der Waals surface area contributed by atoms with Crippen molar-refractivity contribution in [3.05, 3.63) is 45.0 Å². The molecule has 0 unspecified atom stereocenters. The van der Waals surface area contributed by atoms with Gasteiger partial charge in [-0.25, -0.2) is 0 Å². The van der Waals surface area contributed by atoms with Gasteiger partial charge in [-0.05, 0) is 25.0 Å². The maximum atomic E-state index is 12.8. The second kappa shape index (κ2) is 12.6. The number of benzene rings is 1. The van der Waals surface area contributed by atoms with Crippen LogP contribution >= 0.6 is 0 Å². The zero-order valence-corrected chi connectivity index (χ0v) is 17.9. The van der Waals surface area contributed by atoms with Crippen molar-refractivity contribution in [2.24, 2.45) is 0 Å². The first-order chi connectivity index (χ1) is 13.7. The molecule has 1 heterocycles. The lowest BCUT2D eigenvalue weighted by Gasteiger charge is -2.15. The Morgan fingerprint density at radius 3 is 1.32 bits per heavy atom. The number of fused-ring (bicyclic) bond motifs is 1. The molecule has 1 aromatic carbocycles. The van der Waals surface area contributed by atoms with Gasteiger partial charge in [-0.2, -0.15) is 0 Å². The highest BCUT2D eigenvalue weighted by Crippen LogP contribution is 2.14. The quantitative estimate of drug-likeness (QED) is 0.300. The van der Waals surface area contributed by atoms with Crippen molar-refractivity contribution >= 4 is 11.0 Å². The number of rotatable bonds is 14. The lowest BCUT2D eigenvalue weighted by Crippen LogP contribution is -2.41. The number of unbranched alkanes of at least 4 members (excludes halogenated alkanes) is 10. The highest BCUT2D eigenvalue weighted by molar-refractivity contribution is 5.75. The highest BCUT2D eigenvalue weighted by Gasteiger charge is 2.12. The number of aromatic nitrogens is 2. The van der Waals surface area contributed by atoms with Crippen molar-refractivity contribution in [2.75, 3.05) is 0 Å². The molecule has 0 saturated carbocycles. The van der Waals surface area contributed by atoms with Gasteiger partial charge in [-0.15, -0.1) is 0 Å². The summed E-state index contributed by atoms with van der Waals surface area (Å²) in [5.41, 5.74) is 1.06. The summed E-state index contributed by atoms with van der Waals surface area (Å²) in [6, 6.07) is 7.87. The average molecular weight is 387 g/mol. The Morgan fingerprint density at radius 1 is 0.571 bits per heavy atom. The Hall–Kier alpha value is -1.84. The summed E-state index contributed by atoms with van der Waals surface area (Å²) in [6.45, 7) is 5.70. The van der Waals surface area contributed by atoms with Gasteiger partial charge in [0.05, 0.1) is 11.0 Å². The van der Waals surface area contributed by atoms with Crippen molar-refractivity contribution in [1.82, 2.24) is 9.13 Å². The first-order valence-electron chi connectivity index (χ1n) is 11.4. The first-order valence-corrected chi connectivity index (χ1v) is 11.4. The SMILES string of the molecule is CCCCCCCCn1c(=O)c(=O)n(CCCCCCCC)c2ccccc21. The Bertz CT molecular complexity index is 751. The second-order valence-corrected chi connectivity index (χ2v) is 7.94. The van der Waals surface area contributed by atoms with Crippen LogP contribution in [0.4, 0.5) is 0 Å². The van der Waals surface area contributed by atoms with Crippen LogP contribution in [0.2, 0.25) is 0 Å². The normalized spacial score (nSPS) is 11.4. The minimum absolute atomic E-state index is 0.363. The van der Waals surface area contributed by atoms with E-state index in [1.807, 2.05) is 24.3 Å². The fourth-order valence-corrected chi connectivity index (χ4v) is 3.91. The van der Waals surface area contributed by atoms with E-state index in [0.29, 0.717) is 13.1 Å². The summed E-state index contributed by atoms with van der Waals surface area (Å²) in [6.07, 6.45) is 14.1. The highest BCUT2D eigenvalue weighted by atomic mass is 16.2. The summed E-state index contributed by atoms with van der Waals surface area (Å²) >= 11 is 0. The Morgan fingerprint density at radius 2 is 0.929 bits per heavy atom. The van der Waals surface area contributed by atoms with Crippen molar-refractivity contribution in [1.29, 1.82) is 0 Å². The van der Waals surface area contributed by atoms with Gasteiger partial charge in [0, 0.05) is 13.1 Å². The van der Waals surface area contributed by atoms with Gasteiger partial charge in [0.1, 0.15) is 0 Å². The predicted octanol–water partition coefficient (Wildman–Crippen LogP) is 5.88. The van der Waals surface area contributed by atoms with Crippen LogP contribution in [-0.2, 0) is 13.1 Å². The van der Waals surface area contributed by atoms with E-state index in [1.165, 1.54) is 51.4 Å². The first kappa shape index (κ1) is 22.4. The van der Waals surface area contributed by atoms with E-state index in [-0.39, 0.29) is 11.1 Å². The summed E-state index contributed by atoms with van der Waals surface area (Å²) in [5.74, 6) is 0. The number of hydrogen-bond acceptors (Lipinski definition) is 2. The van der Waals surface area contributed by atoms with E-state index in [2.05, 4.69) is 13.8 Å². The minimum Gasteiger partial charge on any atom is -0.302 e. The zero-order chi connectivity index (χ0) is 20.2. The molecule has 0 aliphatic heterocycles. The van der Waals surface area contributed by atoms with E-state index in [0.717, 1.165) is 36.7 Å². The fraction of sp³-hybridized carbons (Fsp3) is 0.667. The third-order valence-corrected chi connectivity index (χ3v) is 5.61. The average Bonchev–Trinajstić information content (AvgIpc) is 2.71. The molecule has 2 rings (SSSR count). The molecular weight excluding hydrogens is 348 g/mol. The number of hydrogen-bond donors (Lipinski definition) is 0. The third-order valence-electron chi connectivity index (χ3n) is 5.61. The van der Waals surface area contributed by atoms with Crippen molar-refractivity contribution in [3.63, 3.8) is 0 Å². The van der Waals surface area contributed by atoms with Gasteiger partial charge in [-0.1, -0.05) is 90.2 Å². The largest absolute Gasteiger partial charge is 0.316 e. The van der Waals surface area contributed by atoms with Crippen LogP contribution < -0.4 is 11.1 Å². The Labute approximate surface area is 169 Å². The molecule has 4 nitrogen and oxygen atoms in total. The van der Waals surface area contributed by atoms with Crippen molar-refractivity contribution < 1.29 is 0 Å². The van der Waals surface area contributed by atoms with Gasteiger partial charge in [0.15, 0.2) is 0 Å². The molecule has 28 heavy (non-hydrogen) atoms. The molecule has 0 atom stereocenters. The molecule has 0 aliphatic rings. The maximum Gasteiger partial charge on any atom is 0.316 e. The standard InChI is InChI=1S/C24H38N2O2/c1-3-5-7-9-11-15-19-25-21-17-13-14-18-22(21)26(24(28)23(25)27)20-16-12-10-8-6-4-2/h13-14,17-18H,3-12,15-16,19-20H2,1-2H3. The molecule has 0 saturated heterocycles. The number of aryl methyl sites for hydroxylation is 2. The number of nitrogens with zero attached hydrogens (tertiary/aromatic N) is 2. The van der Waals surface area contributed by atoms with E-state index in [4.69, 9.17) is 0 Å². The predicted molar refractivity (Wildman–Crippen MR) is 119 cm³/mol. The second-order valence-electron chi connectivity index (χ2n) is 7.94. The lowest BCUT2D eigenvalue weighted by atomic mass is 10.1. The van der Waals surface area contributed by atoms with E-state index >= 15 is 0 Å². The molecule has 0 bridgehead atoms. The van der Waals surface area contributed by atoms with Crippen LogP contribution in [0.25, 0.3) is 11.0 Å². The molecule has 4 heteroatoms. The van der Waals surface area contributed by atoms with Gasteiger partial charge in [0.25, 0.3) is 0 Å². The molecule has 156 valence electrons. The Balaban J connectivity index is 2.10.